The first-order chi connectivity index (χ1) is 9.56. The van der Waals surface area contributed by atoms with Crippen LogP contribution in [0.4, 0.5) is 5.88 Å². The van der Waals surface area contributed by atoms with Gasteiger partial charge in [0.2, 0.25) is 5.88 Å². The van der Waals surface area contributed by atoms with Crippen LogP contribution in [0.5, 0.6) is 0 Å². The Bertz CT molecular complexity index is 765. The second kappa shape index (κ2) is 5.52. The first kappa shape index (κ1) is 14.1. The molecule has 3 rings (SSSR count). The second-order valence-electron chi connectivity index (χ2n) is 4.01. The van der Waals surface area contributed by atoms with Crippen molar-refractivity contribution in [3.05, 3.63) is 43.6 Å². The van der Waals surface area contributed by atoms with Gasteiger partial charge in [0.05, 0.1) is 14.2 Å². The van der Waals surface area contributed by atoms with Crippen molar-refractivity contribution in [1.29, 1.82) is 0 Å². The van der Waals surface area contributed by atoms with E-state index in [9.17, 15) is 0 Å². The first-order valence-electron chi connectivity index (χ1n) is 5.52. The van der Waals surface area contributed by atoms with Gasteiger partial charge < -0.3 is 10.3 Å². The van der Waals surface area contributed by atoms with Crippen molar-refractivity contribution in [2.75, 3.05) is 5.73 Å². The van der Waals surface area contributed by atoms with Crippen LogP contribution >= 0.6 is 54.8 Å². The zero-order valence-corrected chi connectivity index (χ0v) is 14.6. The molecule has 0 aliphatic rings. The summed E-state index contributed by atoms with van der Waals surface area (Å²) in [5.74, 6) is 0.280. The summed E-state index contributed by atoms with van der Waals surface area (Å²) in [5.41, 5.74) is 8.26. The standard InChI is InChI=1S/C13H7Br2ClN2OS/c14-8-5-9(20-12(8)15)11-10(13(17)19-18-11)6-2-1-3-7(16)4-6/h1-5H,17H2. The van der Waals surface area contributed by atoms with E-state index in [-0.39, 0.29) is 5.88 Å². The summed E-state index contributed by atoms with van der Waals surface area (Å²) in [6, 6.07) is 9.42. The van der Waals surface area contributed by atoms with Gasteiger partial charge in [0, 0.05) is 9.50 Å². The highest BCUT2D eigenvalue weighted by Gasteiger charge is 2.20. The summed E-state index contributed by atoms with van der Waals surface area (Å²) in [5, 5.41) is 4.71. The smallest absolute Gasteiger partial charge is 0.230 e. The molecule has 0 aliphatic heterocycles. The van der Waals surface area contributed by atoms with Crippen LogP contribution in [0.15, 0.2) is 43.1 Å². The molecule has 0 fully saturated rings. The fourth-order valence-corrected chi connectivity index (χ4v) is 4.07. The van der Waals surface area contributed by atoms with Gasteiger partial charge in [0.1, 0.15) is 5.69 Å². The van der Waals surface area contributed by atoms with Gasteiger partial charge in [-0.1, -0.05) is 28.9 Å². The number of aromatic nitrogens is 1. The lowest BCUT2D eigenvalue weighted by molar-refractivity contribution is 0.439. The third kappa shape index (κ3) is 2.53. The van der Waals surface area contributed by atoms with E-state index in [1.54, 1.807) is 11.3 Å². The highest BCUT2D eigenvalue weighted by Crippen LogP contribution is 2.43. The minimum atomic E-state index is 0.280. The topological polar surface area (TPSA) is 52.0 Å². The molecule has 3 aromatic rings. The quantitative estimate of drug-likeness (QED) is 0.552. The molecule has 0 saturated carbocycles. The van der Waals surface area contributed by atoms with Crippen molar-refractivity contribution in [3.8, 4) is 21.7 Å². The Balaban J connectivity index is 2.19. The Labute approximate surface area is 141 Å². The lowest BCUT2D eigenvalue weighted by Gasteiger charge is -2.01. The number of anilines is 1. The van der Waals surface area contributed by atoms with Gasteiger partial charge in [-0.05, 0) is 55.6 Å². The van der Waals surface area contributed by atoms with E-state index >= 15 is 0 Å². The number of benzene rings is 1. The molecule has 2 N–H and O–H groups in total. The largest absolute Gasteiger partial charge is 0.367 e. The summed E-state index contributed by atoms with van der Waals surface area (Å²) in [6.45, 7) is 0. The van der Waals surface area contributed by atoms with Crippen LogP contribution in [0.2, 0.25) is 5.02 Å². The molecule has 0 radical (unpaired) electrons. The van der Waals surface area contributed by atoms with Crippen LogP contribution in [0.3, 0.4) is 0 Å². The Hall–Kier alpha value is -0.820. The van der Waals surface area contributed by atoms with E-state index in [1.807, 2.05) is 30.3 Å². The second-order valence-corrected chi connectivity index (χ2v) is 7.67. The third-order valence-electron chi connectivity index (χ3n) is 2.71. The van der Waals surface area contributed by atoms with Crippen molar-refractivity contribution in [2.45, 2.75) is 0 Å². The zero-order chi connectivity index (χ0) is 14.3. The molecule has 7 heteroatoms. The molecule has 102 valence electrons. The van der Waals surface area contributed by atoms with E-state index in [4.69, 9.17) is 21.9 Å². The Morgan fingerprint density at radius 3 is 2.70 bits per heavy atom. The molecule has 3 nitrogen and oxygen atoms in total. The van der Waals surface area contributed by atoms with E-state index in [0.29, 0.717) is 10.7 Å². The molecular formula is C13H7Br2ClN2OS. The van der Waals surface area contributed by atoms with Gasteiger partial charge in [-0.15, -0.1) is 11.3 Å². The van der Waals surface area contributed by atoms with E-state index in [1.165, 1.54) is 0 Å². The van der Waals surface area contributed by atoms with Gasteiger partial charge in [-0.3, -0.25) is 0 Å². The summed E-state index contributed by atoms with van der Waals surface area (Å²) < 4.78 is 7.11. The molecule has 20 heavy (non-hydrogen) atoms. The number of hydrogen-bond acceptors (Lipinski definition) is 4. The first-order valence-corrected chi connectivity index (χ1v) is 8.30. The lowest BCUT2D eigenvalue weighted by Crippen LogP contribution is -1.86. The molecule has 0 spiro atoms. The van der Waals surface area contributed by atoms with Gasteiger partial charge >= 0.3 is 0 Å². The highest BCUT2D eigenvalue weighted by atomic mass is 79.9. The molecule has 2 aromatic heterocycles. The summed E-state index contributed by atoms with van der Waals surface area (Å²) in [4.78, 5) is 0.958. The molecule has 2 heterocycles. The van der Waals surface area contributed by atoms with Crippen LogP contribution in [0.1, 0.15) is 0 Å². The molecule has 0 unspecified atom stereocenters. The molecule has 0 saturated heterocycles. The Morgan fingerprint density at radius 2 is 2.05 bits per heavy atom. The Morgan fingerprint density at radius 1 is 1.25 bits per heavy atom. The minimum absolute atomic E-state index is 0.280. The van der Waals surface area contributed by atoms with E-state index < -0.39 is 0 Å². The molecule has 0 aliphatic carbocycles. The fourth-order valence-electron chi connectivity index (χ4n) is 1.86. The van der Waals surface area contributed by atoms with Crippen molar-refractivity contribution >= 4 is 60.7 Å². The fraction of sp³-hybridized carbons (Fsp3) is 0. The van der Waals surface area contributed by atoms with Crippen molar-refractivity contribution in [1.82, 2.24) is 5.16 Å². The number of thiophene rings is 1. The van der Waals surface area contributed by atoms with Gasteiger partial charge in [0.15, 0.2) is 0 Å². The molecular weight excluding hydrogens is 427 g/mol. The molecule has 1 aromatic carbocycles. The monoisotopic (exact) mass is 432 g/mol. The van der Waals surface area contributed by atoms with E-state index in [0.717, 1.165) is 24.3 Å². The number of rotatable bonds is 2. The highest BCUT2D eigenvalue weighted by molar-refractivity contribution is 9.13. The predicted octanol–water partition coefficient (Wildman–Crippen LogP) is 5.83. The number of hydrogen-bond donors (Lipinski definition) is 1. The third-order valence-corrected chi connectivity index (χ3v) is 6.21. The SMILES string of the molecule is Nc1onc(-c2cc(Br)c(Br)s2)c1-c1cccc(Cl)c1. The Kier molecular flexibility index (Phi) is 3.90. The van der Waals surface area contributed by atoms with Crippen LogP contribution in [-0.2, 0) is 0 Å². The van der Waals surface area contributed by atoms with Crippen molar-refractivity contribution < 1.29 is 4.52 Å². The average Bonchev–Trinajstić information content (AvgIpc) is 2.93. The molecule has 0 bridgehead atoms. The van der Waals surface area contributed by atoms with Gasteiger partial charge in [-0.2, -0.15) is 0 Å². The maximum absolute atomic E-state index is 6.04. The molecule has 0 atom stereocenters. The maximum Gasteiger partial charge on any atom is 0.230 e. The number of halogens is 3. The number of nitrogens with zero attached hydrogens (tertiary/aromatic N) is 1. The van der Waals surface area contributed by atoms with Crippen molar-refractivity contribution in [3.63, 3.8) is 0 Å². The minimum Gasteiger partial charge on any atom is -0.367 e. The number of nitrogens with two attached hydrogens (primary N) is 1. The summed E-state index contributed by atoms with van der Waals surface area (Å²) in [6.07, 6.45) is 0. The maximum atomic E-state index is 6.04. The van der Waals surface area contributed by atoms with E-state index in [2.05, 4.69) is 37.0 Å². The summed E-state index contributed by atoms with van der Waals surface area (Å²) >= 11 is 14.5. The normalized spacial score (nSPS) is 10.9. The van der Waals surface area contributed by atoms with Gasteiger partial charge in [0.25, 0.3) is 0 Å². The van der Waals surface area contributed by atoms with Crippen molar-refractivity contribution in [2.24, 2.45) is 0 Å². The summed E-state index contributed by atoms with van der Waals surface area (Å²) in [7, 11) is 0. The van der Waals surface area contributed by atoms with Crippen LogP contribution in [0, 0.1) is 0 Å². The number of nitrogen functional groups attached to an aromatic ring is 1. The van der Waals surface area contributed by atoms with Crippen LogP contribution in [-0.4, -0.2) is 5.16 Å². The van der Waals surface area contributed by atoms with Crippen LogP contribution < -0.4 is 5.73 Å². The predicted molar refractivity (Wildman–Crippen MR) is 90.1 cm³/mol. The lowest BCUT2D eigenvalue weighted by atomic mass is 10.1. The molecule has 0 amide bonds. The van der Waals surface area contributed by atoms with Crippen LogP contribution in [0.25, 0.3) is 21.7 Å². The zero-order valence-electron chi connectivity index (χ0n) is 9.86. The average molecular weight is 435 g/mol. The van der Waals surface area contributed by atoms with Gasteiger partial charge in [-0.25, -0.2) is 0 Å².